The van der Waals surface area contributed by atoms with Crippen LogP contribution in [0.3, 0.4) is 0 Å². The maximum atomic E-state index is 13.6. The normalized spacial score (nSPS) is 11.6. The Hall–Kier alpha value is -2.83. The van der Waals surface area contributed by atoms with Crippen LogP contribution in [0.1, 0.15) is 37.0 Å². The topological polar surface area (TPSA) is 58.6 Å². The van der Waals surface area contributed by atoms with Gasteiger partial charge in [0.25, 0.3) is 5.91 Å². The van der Waals surface area contributed by atoms with Crippen LogP contribution in [0.4, 0.5) is 0 Å². The second-order valence-electron chi connectivity index (χ2n) is 8.52. The van der Waals surface area contributed by atoms with E-state index in [0.29, 0.717) is 23.7 Å². The molecule has 0 aromatic heterocycles. The zero-order chi connectivity index (χ0) is 25.9. The number of nitrogens with one attached hydrogen (secondary N) is 1. The van der Waals surface area contributed by atoms with E-state index in [-0.39, 0.29) is 25.0 Å². The van der Waals surface area contributed by atoms with Gasteiger partial charge in [0, 0.05) is 24.5 Å². The number of hydrogen-bond acceptors (Lipinski definition) is 3. The maximum Gasteiger partial charge on any atom is 0.261 e. The molecule has 0 bridgehead atoms. The van der Waals surface area contributed by atoms with Gasteiger partial charge in [-0.2, -0.15) is 0 Å². The lowest BCUT2D eigenvalue weighted by Gasteiger charge is -2.31. The van der Waals surface area contributed by atoms with Gasteiger partial charge in [0.15, 0.2) is 6.61 Å². The Morgan fingerprint density at radius 1 is 1.00 bits per heavy atom. The van der Waals surface area contributed by atoms with E-state index in [1.165, 1.54) is 0 Å². The molecule has 190 valence electrons. The number of halogens is 2. The molecule has 0 saturated heterocycles. The summed E-state index contributed by atoms with van der Waals surface area (Å²) >= 11 is 9.98. The van der Waals surface area contributed by atoms with E-state index < -0.39 is 6.04 Å². The van der Waals surface area contributed by atoms with E-state index in [1.54, 1.807) is 11.0 Å². The first-order valence-electron chi connectivity index (χ1n) is 12.2. The van der Waals surface area contributed by atoms with Crippen LogP contribution in [0, 0.1) is 0 Å². The van der Waals surface area contributed by atoms with Gasteiger partial charge < -0.3 is 15.0 Å². The first-order valence-corrected chi connectivity index (χ1v) is 13.4. The van der Waals surface area contributed by atoms with Crippen LogP contribution in [0.2, 0.25) is 5.02 Å². The van der Waals surface area contributed by atoms with Gasteiger partial charge in [0.2, 0.25) is 5.91 Å². The number of carbonyl (C=O) groups excluding carboxylic acids is 2. The summed E-state index contributed by atoms with van der Waals surface area (Å²) in [6, 6.07) is 22.2. The first kappa shape index (κ1) is 27.8. The number of nitrogens with zero attached hydrogens (tertiary/aromatic N) is 1. The monoisotopic (exact) mass is 570 g/mol. The molecule has 0 aliphatic carbocycles. The quantitative estimate of drug-likeness (QED) is 0.281. The number of hydrogen-bond donors (Lipinski definition) is 1. The van der Waals surface area contributed by atoms with Crippen molar-refractivity contribution in [3.63, 3.8) is 0 Å². The van der Waals surface area contributed by atoms with Gasteiger partial charge in [0.05, 0.1) is 4.47 Å². The van der Waals surface area contributed by atoms with E-state index in [0.717, 1.165) is 34.0 Å². The number of carbonyl (C=O) groups is 2. The predicted octanol–water partition coefficient (Wildman–Crippen LogP) is 6.21. The Labute approximate surface area is 226 Å². The molecule has 3 rings (SSSR count). The summed E-state index contributed by atoms with van der Waals surface area (Å²) in [7, 11) is 0. The Morgan fingerprint density at radius 3 is 2.39 bits per heavy atom. The van der Waals surface area contributed by atoms with Crippen molar-refractivity contribution in [3.05, 3.63) is 99.0 Å². The van der Waals surface area contributed by atoms with E-state index in [9.17, 15) is 9.59 Å². The Kier molecular flexibility index (Phi) is 10.8. The fourth-order valence-corrected chi connectivity index (χ4v) is 4.57. The van der Waals surface area contributed by atoms with Crippen molar-refractivity contribution in [2.75, 3.05) is 13.2 Å². The molecular weight excluding hydrogens is 540 g/mol. The summed E-state index contributed by atoms with van der Waals surface area (Å²) in [6.45, 7) is 4.59. The number of amides is 2. The molecule has 0 aliphatic rings. The lowest BCUT2D eigenvalue weighted by atomic mass is 10.0. The molecule has 0 radical (unpaired) electrons. The molecule has 3 aromatic carbocycles. The Balaban J connectivity index is 1.90. The average Bonchev–Trinajstić information content (AvgIpc) is 2.89. The molecule has 0 saturated carbocycles. The van der Waals surface area contributed by atoms with Gasteiger partial charge in [-0.25, -0.2) is 0 Å². The maximum absolute atomic E-state index is 13.6. The Morgan fingerprint density at radius 2 is 1.72 bits per heavy atom. The highest BCUT2D eigenvalue weighted by atomic mass is 79.9. The van der Waals surface area contributed by atoms with E-state index in [1.807, 2.05) is 73.7 Å². The van der Waals surface area contributed by atoms with Crippen molar-refractivity contribution in [1.82, 2.24) is 10.2 Å². The molecule has 5 nitrogen and oxygen atoms in total. The van der Waals surface area contributed by atoms with Crippen molar-refractivity contribution < 1.29 is 14.3 Å². The lowest BCUT2D eigenvalue weighted by molar-refractivity contribution is -0.142. The van der Waals surface area contributed by atoms with Crippen LogP contribution >= 0.6 is 27.5 Å². The lowest BCUT2D eigenvalue weighted by Crippen LogP contribution is -2.51. The summed E-state index contributed by atoms with van der Waals surface area (Å²) < 4.78 is 6.69. The van der Waals surface area contributed by atoms with Crippen molar-refractivity contribution in [3.8, 4) is 5.75 Å². The Bertz CT molecular complexity index is 1160. The standard InChI is InChI=1S/C29H32BrClN2O3/c1-3-16-32-29(35)26(18-22-10-6-5-7-11-22)33(19-23-12-8-9-13-25(23)31)28(34)20-36-27-15-14-21(4-2)17-24(27)30/h5-15,17,26H,3-4,16,18-20H2,1-2H3,(H,32,35)/t26-/m0/s1. The van der Waals surface area contributed by atoms with E-state index in [4.69, 9.17) is 16.3 Å². The van der Waals surface area contributed by atoms with Crippen LogP contribution in [-0.4, -0.2) is 35.9 Å². The predicted molar refractivity (Wildman–Crippen MR) is 148 cm³/mol. The molecule has 0 aliphatic heterocycles. The number of benzene rings is 3. The molecule has 2 amide bonds. The summed E-state index contributed by atoms with van der Waals surface area (Å²) in [5.41, 5.74) is 2.89. The SMILES string of the molecule is CCCNC(=O)[C@H](Cc1ccccc1)N(Cc1ccccc1Cl)C(=O)COc1ccc(CC)cc1Br. The third-order valence-corrected chi connectivity index (χ3v) is 6.86. The molecule has 1 atom stereocenters. The summed E-state index contributed by atoms with van der Waals surface area (Å²) in [6.07, 6.45) is 2.08. The van der Waals surface area contributed by atoms with Crippen LogP contribution in [0.25, 0.3) is 0 Å². The molecule has 1 N–H and O–H groups in total. The molecular formula is C29H32BrClN2O3. The minimum absolute atomic E-state index is 0.189. The second-order valence-corrected chi connectivity index (χ2v) is 9.78. The summed E-state index contributed by atoms with van der Waals surface area (Å²) in [5.74, 6) is 0.0804. The second kappa shape index (κ2) is 14.0. The molecule has 7 heteroatoms. The van der Waals surface area contributed by atoms with Crippen LogP contribution in [0.15, 0.2) is 77.3 Å². The minimum Gasteiger partial charge on any atom is -0.483 e. The average molecular weight is 572 g/mol. The smallest absolute Gasteiger partial charge is 0.261 e. The fraction of sp³-hybridized carbons (Fsp3) is 0.310. The van der Waals surface area contributed by atoms with Crippen LogP contribution < -0.4 is 10.1 Å². The molecule has 0 fully saturated rings. The van der Waals surface area contributed by atoms with Gasteiger partial charge in [0.1, 0.15) is 11.8 Å². The van der Waals surface area contributed by atoms with Crippen molar-refractivity contribution >= 4 is 39.3 Å². The largest absolute Gasteiger partial charge is 0.483 e. The van der Waals surface area contributed by atoms with Crippen molar-refractivity contribution in [2.24, 2.45) is 0 Å². The highest BCUT2D eigenvalue weighted by molar-refractivity contribution is 9.10. The van der Waals surface area contributed by atoms with E-state index in [2.05, 4.69) is 28.2 Å². The third kappa shape index (κ3) is 7.84. The van der Waals surface area contributed by atoms with Gasteiger partial charge in [-0.1, -0.05) is 80.0 Å². The molecule has 0 unspecified atom stereocenters. The van der Waals surface area contributed by atoms with Gasteiger partial charge >= 0.3 is 0 Å². The summed E-state index contributed by atoms with van der Waals surface area (Å²) in [5, 5.41) is 3.51. The molecule has 0 spiro atoms. The van der Waals surface area contributed by atoms with Crippen LogP contribution in [0.5, 0.6) is 5.75 Å². The van der Waals surface area contributed by atoms with Gasteiger partial charge in [-0.15, -0.1) is 0 Å². The molecule has 0 heterocycles. The van der Waals surface area contributed by atoms with Crippen molar-refractivity contribution in [2.45, 2.75) is 45.7 Å². The fourth-order valence-electron chi connectivity index (χ4n) is 3.83. The van der Waals surface area contributed by atoms with Gasteiger partial charge in [-0.05, 0) is 63.7 Å². The highest BCUT2D eigenvalue weighted by Gasteiger charge is 2.31. The zero-order valence-corrected chi connectivity index (χ0v) is 23.0. The van der Waals surface area contributed by atoms with Crippen molar-refractivity contribution in [1.29, 1.82) is 0 Å². The first-order chi connectivity index (χ1) is 17.4. The molecule has 36 heavy (non-hydrogen) atoms. The zero-order valence-electron chi connectivity index (χ0n) is 20.7. The minimum atomic E-state index is -0.725. The number of rotatable bonds is 12. The molecule has 3 aromatic rings. The number of ether oxygens (including phenoxy) is 1. The van der Waals surface area contributed by atoms with Crippen LogP contribution in [-0.2, 0) is 29.0 Å². The highest BCUT2D eigenvalue weighted by Crippen LogP contribution is 2.27. The third-order valence-electron chi connectivity index (χ3n) is 5.87. The number of aryl methyl sites for hydroxylation is 1. The van der Waals surface area contributed by atoms with Gasteiger partial charge in [-0.3, -0.25) is 9.59 Å². The van der Waals surface area contributed by atoms with E-state index >= 15 is 0 Å². The summed E-state index contributed by atoms with van der Waals surface area (Å²) in [4.78, 5) is 28.6.